The Hall–Kier alpha value is -1.65. The number of nitrogens with one attached hydrogen (secondary N) is 1. The van der Waals surface area contributed by atoms with Gasteiger partial charge in [0.05, 0.1) is 16.5 Å². The molecule has 2 fully saturated rings. The monoisotopic (exact) mass is 489 g/mol. The quantitative estimate of drug-likeness (QED) is 0.574. The van der Waals surface area contributed by atoms with Gasteiger partial charge in [-0.3, -0.25) is 4.79 Å². The van der Waals surface area contributed by atoms with Crippen LogP contribution in [0.2, 0.25) is 0 Å². The van der Waals surface area contributed by atoms with E-state index in [2.05, 4.69) is 19.2 Å². The number of hydrogen-bond acceptors (Lipinski definition) is 4. The number of carbonyl (C=O) groups excluding carboxylic acids is 1. The largest absolute Gasteiger partial charge is 0.416 e. The normalized spacial score (nSPS) is 19.3. The second-order valence-corrected chi connectivity index (χ2v) is 11.5. The summed E-state index contributed by atoms with van der Waals surface area (Å²) >= 11 is 0. The number of hydrogen-bond donors (Lipinski definition) is 1. The number of alkyl halides is 3. The third-order valence-corrected chi connectivity index (χ3v) is 8.35. The van der Waals surface area contributed by atoms with Gasteiger partial charge in [-0.1, -0.05) is 19.9 Å². The van der Waals surface area contributed by atoms with Crippen molar-refractivity contribution in [1.29, 1.82) is 0 Å². The minimum atomic E-state index is -4.61. The lowest BCUT2D eigenvalue weighted by molar-refractivity contribution is -0.137. The smallest absolute Gasteiger partial charge is 0.341 e. The molecule has 1 aliphatic carbocycles. The van der Waals surface area contributed by atoms with Crippen molar-refractivity contribution in [3.8, 4) is 0 Å². The highest BCUT2D eigenvalue weighted by Crippen LogP contribution is 2.36. The van der Waals surface area contributed by atoms with Gasteiger partial charge in [0, 0.05) is 25.7 Å². The molecule has 1 heterocycles. The molecule has 10 heteroatoms. The number of nitrogens with zero attached hydrogens (tertiary/aromatic N) is 2. The number of likely N-dealkylation sites (tertiary alicyclic amines) is 1. The Morgan fingerprint density at radius 1 is 1.18 bits per heavy atom. The highest BCUT2D eigenvalue weighted by Gasteiger charge is 2.40. The van der Waals surface area contributed by atoms with Gasteiger partial charge in [0.25, 0.3) is 0 Å². The summed E-state index contributed by atoms with van der Waals surface area (Å²) in [5, 5.41) is 3.07. The molecular weight excluding hydrogens is 455 g/mol. The predicted molar refractivity (Wildman–Crippen MR) is 120 cm³/mol. The number of carbonyl (C=O) groups is 1. The van der Waals surface area contributed by atoms with Gasteiger partial charge < -0.3 is 10.2 Å². The van der Waals surface area contributed by atoms with E-state index < -0.39 is 21.8 Å². The first-order chi connectivity index (χ1) is 15.4. The number of amides is 1. The lowest BCUT2D eigenvalue weighted by Gasteiger charge is -2.39. The van der Waals surface area contributed by atoms with Crippen molar-refractivity contribution in [1.82, 2.24) is 14.5 Å². The third-order valence-electron chi connectivity index (χ3n) is 6.44. The fraction of sp³-hybridized carbons (Fsp3) is 0.696. The van der Waals surface area contributed by atoms with Gasteiger partial charge in [-0.05, 0) is 69.2 Å². The third kappa shape index (κ3) is 6.48. The molecule has 2 aliphatic rings. The van der Waals surface area contributed by atoms with E-state index in [1.165, 1.54) is 10.4 Å². The number of benzene rings is 1. The van der Waals surface area contributed by atoms with Crippen molar-refractivity contribution in [2.75, 3.05) is 26.7 Å². The Labute approximate surface area is 194 Å². The summed E-state index contributed by atoms with van der Waals surface area (Å²) in [7, 11) is -2.33. The summed E-state index contributed by atoms with van der Waals surface area (Å²) in [4.78, 5) is 14.3. The number of halogens is 3. The zero-order chi connectivity index (χ0) is 24.4. The highest BCUT2D eigenvalue weighted by molar-refractivity contribution is 7.89. The molecule has 0 bridgehead atoms. The summed E-state index contributed by atoms with van der Waals surface area (Å²) < 4.78 is 67.8. The minimum Gasteiger partial charge on any atom is -0.341 e. The van der Waals surface area contributed by atoms with E-state index in [0.29, 0.717) is 44.8 Å². The van der Waals surface area contributed by atoms with Crippen molar-refractivity contribution in [2.45, 2.75) is 69.1 Å². The number of sulfonamides is 1. The van der Waals surface area contributed by atoms with E-state index in [9.17, 15) is 26.4 Å². The van der Waals surface area contributed by atoms with Crippen LogP contribution < -0.4 is 5.32 Å². The van der Waals surface area contributed by atoms with E-state index in [-0.39, 0.29) is 28.8 Å². The lowest BCUT2D eigenvalue weighted by atomic mass is 10.00. The fourth-order valence-corrected chi connectivity index (χ4v) is 6.18. The van der Waals surface area contributed by atoms with E-state index >= 15 is 0 Å². The highest BCUT2D eigenvalue weighted by atomic mass is 32.2. The molecule has 0 unspecified atom stereocenters. The van der Waals surface area contributed by atoms with Gasteiger partial charge in [0.1, 0.15) is 0 Å². The maximum absolute atomic E-state index is 13.4. The summed E-state index contributed by atoms with van der Waals surface area (Å²) in [6.07, 6.45) is -1.12. The first-order valence-electron chi connectivity index (χ1n) is 11.6. The molecule has 6 nitrogen and oxygen atoms in total. The summed E-state index contributed by atoms with van der Waals surface area (Å²) in [6.45, 7) is 5.28. The van der Waals surface area contributed by atoms with Gasteiger partial charge in [0.2, 0.25) is 15.9 Å². The van der Waals surface area contributed by atoms with Crippen LogP contribution in [0, 0.1) is 11.8 Å². The van der Waals surface area contributed by atoms with Gasteiger partial charge in [0.15, 0.2) is 0 Å². The van der Waals surface area contributed by atoms with E-state index in [0.717, 1.165) is 31.0 Å². The Kier molecular flexibility index (Phi) is 8.11. The molecule has 3 rings (SSSR count). The van der Waals surface area contributed by atoms with Gasteiger partial charge in [-0.15, -0.1) is 0 Å². The van der Waals surface area contributed by atoms with Crippen LogP contribution in [0.5, 0.6) is 0 Å². The molecule has 1 aliphatic heterocycles. The van der Waals surface area contributed by atoms with Crippen LogP contribution in [0.15, 0.2) is 29.2 Å². The Morgan fingerprint density at radius 2 is 1.82 bits per heavy atom. The van der Waals surface area contributed by atoms with Gasteiger partial charge in [-0.25, -0.2) is 8.42 Å². The van der Waals surface area contributed by atoms with Crippen LogP contribution >= 0.6 is 0 Å². The molecule has 186 valence electrons. The van der Waals surface area contributed by atoms with Crippen molar-refractivity contribution < 1.29 is 26.4 Å². The number of likely N-dealkylation sites (N-methyl/N-ethyl adjacent to an activating group) is 1. The van der Waals surface area contributed by atoms with Crippen LogP contribution in [-0.4, -0.2) is 62.3 Å². The molecule has 1 saturated carbocycles. The zero-order valence-electron chi connectivity index (χ0n) is 19.4. The lowest BCUT2D eigenvalue weighted by Crippen LogP contribution is -2.53. The van der Waals surface area contributed by atoms with E-state index in [1.807, 2.05) is 0 Å². The van der Waals surface area contributed by atoms with Crippen LogP contribution in [0.1, 0.15) is 51.5 Å². The molecule has 33 heavy (non-hydrogen) atoms. The SMILES string of the molecule is CN[C@@H](CC(C)C)C(=O)N1CCC(N(CC2CC2)S(=O)(=O)c2cccc(C(F)(F)F)c2)CC1. The summed E-state index contributed by atoms with van der Waals surface area (Å²) in [5.74, 6) is 0.611. The average Bonchev–Trinajstić information content (AvgIpc) is 3.59. The van der Waals surface area contributed by atoms with Crippen LogP contribution in [0.3, 0.4) is 0 Å². The first kappa shape index (κ1) is 26.0. The first-order valence-corrected chi connectivity index (χ1v) is 13.0. The van der Waals surface area contributed by atoms with Crippen molar-refractivity contribution in [3.63, 3.8) is 0 Å². The Morgan fingerprint density at radius 3 is 2.33 bits per heavy atom. The van der Waals surface area contributed by atoms with E-state index in [1.54, 1.807) is 11.9 Å². The Bertz CT molecular complexity index is 924. The van der Waals surface area contributed by atoms with E-state index in [4.69, 9.17) is 0 Å². The maximum Gasteiger partial charge on any atom is 0.416 e. The van der Waals surface area contributed by atoms with Crippen molar-refractivity contribution >= 4 is 15.9 Å². The average molecular weight is 490 g/mol. The molecule has 1 N–H and O–H groups in total. The van der Waals surface area contributed by atoms with Crippen LogP contribution in [0.4, 0.5) is 13.2 Å². The molecular formula is C23H34F3N3O3S. The molecule has 1 aromatic rings. The fourth-order valence-electron chi connectivity index (χ4n) is 4.37. The molecule has 0 radical (unpaired) electrons. The minimum absolute atomic E-state index is 0.0131. The molecule has 1 aromatic carbocycles. The predicted octanol–water partition coefficient (Wildman–Crippen LogP) is 3.73. The van der Waals surface area contributed by atoms with Gasteiger partial charge in [-0.2, -0.15) is 17.5 Å². The molecule has 1 atom stereocenters. The molecule has 0 spiro atoms. The Balaban J connectivity index is 1.76. The zero-order valence-corrected chi connectivity index (χ0v) is 20.3. The topological polar surface area (TPSA) is 69.7 Å². The molecule has 1 amide bonds. The molecule has 1 saturated heterocycles. The second kappa shape index (κ2) is 10.3. The van der Waals surface area contributed by atoms with Crippen molar-refractivity contribution in [2.24, 2.45) is 11.8 Å². The van der Waals surface area contributed by atoms with Crippen molar-refractivity contribution in [3.05, 3.63) is 29.8 Å². The molecule has 0 aromatic heterocycles. The summed E-state index contributed by atoms with van der Waals surface area (Å²) in [5.41, 5.74) is -0.973. The number of piperidine rings is 1. The number of rotatable bonds is 9. The second-order valence-electron chi connectivity index (χ2n) is 9.57. The van der Waals surface area contributed by atoms with Crippen LogP contribution in [0.25, 0.3) is 0 Å². The van der Waals surface area contributed by atoms with Gasteiger partial charge >= 0.3 is 6.18 Å². The van der Waals surface area contributed by atoms with Crippen LogP contribution in [-0.2, 0) is 21.0 Å². The summed E-state index contributed by atoms with van der Waals surface area (Å²) in [6, 6.07) is 3.34. The standard InChI is InChI=1S/C23H34F3N3O3S/c1-16(2)13-21(27-3)22(30)28-11-9-19(10-12-28)29(15-17-7-8-17)33(31,32)20-6-4-5-18(14-20)23(24,25)26/h4-6,14,16-17,19,21,27H,7-13,15H2,1-3H3/t21-/m0/s1. The maximum atomic E-state index is 13.4.